The highest BCUT2D eigenvalue weighted by Gasteiger charge is 2.10. The van der Waals surface area contributed by atoms with Crippen LogP contribution < -0.4 is 0 Å². The summed E-state index contributed by atoms with van der Waals surface area (Å²) < 4.78 is 14.3. The van der Waals surface area contributed by atoms with Crippen LogP contribution in [0.1, 0.15) is 6.92 Å². The van der Waals surface area contributed by atoms with Gasteiger partial charge < -0.3 is 4.89 Å². The van der Waals surface area contributed by atoms with E-state index in [2.05, 4.69) is 11.1 Å². The van der Waals surface area contributed by atoms with Crippen LogP contribution in [0.4, 0.5) is 0 Å². The summed E-state index contributed by atoms with van der Waals surface area (Å²) in [7, 11) is -3.01. The molecule has 2 unspecified atom stereocenters. The maximum Gasteiger partial charge on any atom is 0.317 e. The molecular weight excluding hydrogens is 155 g/mol. The summed E-state index contributed by atoms with van der Waals surface area (Å²) in [4.78, 5) is 18.8. The van der Waals surface area contributed by atoms with Crippen molar-refractivity contribution in [3.8, 4) is 0 Å². The van der Waals surface area contributed by atoms with Gasteiger partial charge in [-0.1, -0.05) is 6.58 Å². The second-order valence-corrected chi connectivity index (χ2v) is 2.40. The standard InChI is InChI=1S/C5H9O4P/c1-3-5(6)4(2)9-10(7)8/h3-4,10H,1H2,2H3,(H,7,8). The minimum atomic E-state index is -3.01. The van der Waals surface area contributed by atoms with Crippen molar-refractivity contribution in [1.82, 2.24) is 0 Å². The molecule has 0 aliphatic rings. The van der Waals surface area contributed by atoms with Crippen molar-refractivity contribution in [2.75, 3.05) is 0 Å². The average molecular weight is 164 g/mol. The first-order chi connectivity index (χ1) is 4.57. The second-order valence-electron chi connectivity index (χ2n) is 1.63. The first kappa shape index (κ1) is 9.56. The third kappa shape index (κ3) is 3.56. The van der Waals surface area contributed by atoms with E-state index in [1.54, 1.807) is 0 Å². The van der Waals surface area contributed by atoms with E-state index >= 15 is 0 Å². The molecule has 1 N–H and O–H groups in total. The molecule has 0 spiro atoms. The lowest BCUT2D eigenvalue weighted by molar-refractivity contribution is -0.120. The van der Waals surface area contributed by atoms with Crippen molar-refractivity contribution in [3.63, 3.8) is 0 Å². The highest BCUT2D eigenvalue weighted by molar-refractivity contribution is 7.32. The molecule has 0 aromatic heterocycles. The van der Waals surface area contributed by atoms with Crippen LogP contribution >= 0.6 is 8.25 Å². The Kier molecular flexibility index (Phi) is 4.19. The van der Waals surface area contributed by atoms with Crippen molar-refractivity contribution in [2.24, 2.45) is 0 Å². The summed E-state index contributed by atoms with van der Waals surface area (Å²) in [6.07, 6.45) is 0.184. The van der Waals surface area contributed by atoms with Crippen LogP contribution in [-0.4, -0.2) is 16.8 Å². The Morgan fingerprint density at radius 2 is 2.40 bits per heavy atom. The molecule has 0 aromatic rings. The topological polar surface area (TPSA) is 63.6 Å². The van der Waals surface area contributed by atoms with Gasteiger partial charge in [0.1, 0.15) is 6.10 Å². The van der Waals surface area contributed by atoms with Gasteiger partial charge in [0.2, 0.25) is 0 Å². The Labute approximate surface area is 59.5 Å². The van der Waals surface area contributed by atoms with Crippen LogP contribution in [0.2, 0.25) is 0 Å². The molecule has 5 heteroatoms. The maximum absolute atomic E-state index is 10.6. The number of rotatable bonds is 4. The molecule has 0 aromatic carbocycles. The average Bonchev–Trinajstić information content (AvgIpc) is 1.85. The first-order valence-electron chi connectivity index (χ1n) is 2.63. The Morgan fingerprint density at radius 3 is 2.70 bits per heavy atom. The van der Waals surface area contributed by atoms with Gasteiger partial charge in [-0.15, -0.1) is 0 Å². The normalized spacial score (nSPS) is 15.8. The largest absolute Gasteiger partial charge is 0.326 e. The van der Waals surface area contributed by atoms with E-state index in [1.807, 2.05) is 0 Å². The van der Waals surface area contributed by atoms with Crippen LogP contribution in [-0.2, 0) is 13.9 Å². The minimum absolute atomic E-state index is 0.396. The molecule has 2 atom stereocenters. The molecule has 58 valence electrons. The molecule has 0 saturated carbocycles. The van der Waals surface area contributed by atoms with Gasteiger partial charge in [-0.3, -0.25) is 13.9 Å². The maximum atomic E-state index is 10.6. The number of carbonyl (C=O) groups excluding carboxylic acids is 1. The molecular formula is C5H9O4P. The van der Waals surface area contributed by atoms with Gasteiger partial charge in [-0.05, 0) is 13.0 Å². The fourth-order valence-corrected chi connectivity index (χ4v) is 0.794. The van der Waals surface area contributed by atoms with Gasteiger partial charge in [0, 0.05) is 0 Å². The third-order valence-electron chi connectivity index (χ3n) is 0.879. The fraction of sp³-hybridized carbons (Fsp3) is 0.400. The van der Waals surface area contributed by atoms with Gasteiger partial charge in [-0.25, -0.2) is 0 Å². The van der Waals surface area contributed by atoms with E-state index in [1.165, 1.54) is 6.92 Å². The van der Waals surface area contributed by atoms with Crippen molar-refractivity contribution in [2.45, 2.75) is 13.0 Å². The van der Waals surface area contributed by atoms with Gasteiger partial charge in [-0.2, -0.15) is 0 Å². The summed E-state index contributed by atoms with van der Waals surface area (Å²) in [5.41, 5.74) is 0. The van der Waals surface area contributed by atoms with E-state index in [0.717, 1.165) is 6.08 Å². The molecule has 0 saturated heterocycles. The Bertz CT molecular complexity index is 165. The summed E-state index contributed by atoms with van der Waals surface area (Å²) in [6, 6.07) is 0. The van der Waals surface area contributed by atoms with Crippen LogP contribution in [0, 0.1) is 0 Å². The smallest absolute Gasteiger partial charge is 0.317 e. The fourth-order valence-electron chi connectivity index (χ4n) is 0.375. The van der Waals surface area contributed by atoms with Crippen LogP contribution in [0.25, 0.3) is 0 Å². The van der Waals surface area contributed by atoms with E-state index in [-0.39, 0.29) is 0 Å². The molecule has 0 rings (SSSR count). The lowest BCUT2D eigenvalue weighted by atomic mass is 10.3. The molecule has 0 heterocycles. The summed E-state index contributed by atoms with van der Waals surface area (Å²) in [5.74, 6) is -0.396. The van der Waals surface area contributed by atoms with E-state index in [0.29, 0.717) is 0 Å². The van der Waals surface area contributed by atoms with Gasteiger partial charge >= 0.3 is 8.25 Å². The number of hydrogen-bond donors (Lipinski definition) is 1. The zero-order valence-corrected chi connectivity index (χ0v) is 6.53. The molecule has 0 aliphatic carbocycles. The molecule has 4 nitrogen and oxygen atoms in total. The predicted molar refractivity (Wildman–Crippen MR) is 37.0 cm³/mol. The number of hydrogen-bond acceptors (Lipinski definition) is 3. The van der Waals surface area contributed by atoms with E-state index < -0.39 is 20.1 Å². The summed E-state index contributed by atoms with van der Waals surface area (Å²) >= 11 is 0. The molecule has 0 amide bonds. The summed E-state index contributed by atoms with van der Waals surface area (Å²) in [5, 5.41) is 0. The number of carbonyl (C=O) groups is 1. The third-order valence-corrected chi connectivity index (χ3v) is 1.43. The molecule has 0 bridgehead atoms. The summed E-state index contributed by atoms with van der Waals surface area (Å²) in [6.45, 7) is 4.58. The Morgan fingerprint density at radius 1 is 1.90 bits per heavy atom. The van der Waals surface area contributed by atoms with Crippen molar-refractivity contribution >= 4 is 14.0 Å². The van der Waals surface area contributed by atoms with Crippen molar-refractivity contribution < 1.29 is 18.8 Å². The molecule has 10 heavy (non-hydrogen) atoms. The lowest BCUT2D eigenvalue weighted by Gasteiger charge is -2.04. The van der Waals surface area contributed by atoms with Crippen LogP contribution in [0.3, 0.4) is 0 Å². The zero-order valence-electron chi connectivity index (χ0n) is 5.53. The monoisotopic (exact) mass is 164 g/mol. The van der Waals surface area contributed by atoms with Gasteiger partial charge in [0.05, 0.1) is 0 Å². The van der Waals surface area contributed by atoms with Crippen LogP contribution in [0.15, 0.2) is 12.7 Å². The van der Waals surface area contributed by atoms with E-state index in [4.69, 9.17) is 4.89 Å². The predicted octanol–water partition coefficient (Wildman–Crippen LogP) is 0.529. The van der Waals surface area contributed by atoms with Crippen LogP contribution in [0.5, 0.6) is 0 Å². The quantitative estimate of drug-likeness (QED) is 0.486. The SMILES string of the molecule is C=CC(=O)C(C)O[PH](=O)O. The highest BCUT2D eigenvalue weighted by Crippen LogP contribution is 2.17. The molecule has 0 fully saturated rings. The van der Waals surface area contributed by atoms with Gasteiger partial charge in [0.15, 0.2) is 5.78 Å². The Hall–Kier alpha value is -0.440. The van der Waals surface area contributed by atoms with Crippen molar-refractivity contribution in [3.05, 3.63) is 12.7 Å². The highest BCUT2D eigenvalue weighted by atomic mass is 31.1. The molecule has 0 aliphatic heterocycles. The minimum Gasteiger partial charge on any atom is -0.326 e. The van der Waals surface area contributed by atoms with Crippen molar-refractivity contribution in [1.29, 1.82) is 0 Å². The van der Waals surface area contributed by atoms with E-state index in [9.17, 15) is 9.36 Å². The molecule has 0 radical (unpaired) electrons. The van der Waals surface area contributed by atoms with Gasteiger partial charge in [0.25, 0.3) is 0 Å². The Balaban J connectivity index is 3.84. The second kappa shape index (κ2) is 4.39. The lowest BCUT2D eigenvalue weighted by Crippen LogP contribution is -2.14. The zero-order chi connectivity index (χ0) is 8.15. The first-order valence-corrected chi connectivity index (χ1v) is 3.90. The number of ketones is 1.